The van der Waals surface area contributed by atoms with Gasteiger partial charge in [0.1, 0.15) is 0 Å². The van der Waals surface area contributed by atoms with Gasteiger partial charge in [-0.15, -0.1) is 0 Å². The Labute approximate surface area is 101 Å². The van der Waals surface area contributed by atoms with Crippen molar-refractivity contribution in [2.75, 3.05) is 13.1 Å². The Hall–Kier alpha value is -1.30. The summed E-state index contributed by atoms with van der Waals surface area (Å²) in [6, 6.07) is -0.642. The SMILES string of the molecule is CC(CC(=O)O)NC(=O)N1CCC(C)(O)CC1. The number of rotatable bonds is 3. The van der Waals surface area contributed by atoms with Crippen molar-refractivity contribution in [1.29, 1.82) is 0 Å². The molecule has 0 aromatic carbocycles. The molecule has 1 aliphatic rings. The number of amides is 2. The second-order valence-electron chi connectivity index (χ2n) is 4.93. The predicted octanol–water partition coefficient (Wildman–Crippen LogP) is 0.406. The maximum atomic E-state index is 11.7. The average Bonchev–Trinajstić information content (AvgIpc) is 2.15. The van der Waals surface area contributed by atoms with Gasteiger partial charge in [0, 0.05) is 19.1 Å². The first-order valence-electron chi connectivity index (χ1n) is 5.80. The normalized spacial score (nSPS) is 20.8. The first-order chi connectivity index (χ1) is 7.80. The van der Waals surface area contributed by atoms with Crippen LogP contribution < -0.4 is 5.32 Å². The van der Waals surface area contributed by atoms with Crippen LogP contribution in [0.4, 0.5) is 4.79 Å². The minimum Gasteiger partial charge on any atom is -0.481 e. The van der Waals surface area contributed by atoms with Gasteiger partial charge in [0.25, 0.3) is 0 Å². The molecule has 0 aromatic heterocycles. The highest BCUT2D eigenvalue weighted by atomic mass is 16.4. The number of carboxylic acid groups (broad SMARTS) is 1. The summed E-state index contributed by atoms with van der Waals surface area (Å²) in [7, 11) is 0. The van der Waals surface area contributed by atoms with E-state index in [0.717, 1.165) is 0 Å². The van der Waals surface area contributed by atoms with E-state index in [0.29, 0.717) is 25.9 Å². The molecule has 1 fully saturated rings. The molecular formula is C11H20N2O4. The number of nitrogens with one attached hydrogen (secondary N) is 1. The van der Waals surface area contributed by atoms with E-state index in [4.69, 9.17) is 5.11 Å². The van der Waals surface area contributed by atoms with E-state index in [2.05, 4.69) is 5.32 Å². The standard InChI is InChI=1S/C11H20N2O4/c1-8(7-9(14)15)12-10(16)13-5-3-11(2,17)4-6-13/h8,17H,3-7H2,1-2H3,(H,12,16)(H,14,15). The Morgan fingerprint density at radius 3 is 2.41 bits per heavy atom. The minimum absolute atomic E-state index is 0.0860. The fraction of sp³-hybridized carbons (Fsp3) is 0.818. The zero-order valence-electron chi connectivity index (χ0n) is 10.3. The first kappa shape index (κ1) is 13.8. The summed E-state index contributed by atoms with van der Waals surface area (Å²) in [6.07, 6.45) is 1.01. The number of hydrogen-bond donors (Lipinski definition) is 3. The van der Waals surface area contributed by atoms with Gasteiger partial charge >= 0.3 is 12.0 Å². The molecule has 1 saturated heterocycles. The minimum atomic E-state index is -0.931. The fourth-order valence-electron chi connectivity index (χ4n) is 1.81. The Morgan fingerprint density at radius 2 is 1.94 bits per heavy atom. The summed E-state index contributed by atoms with van der Waals surface area (Å²) in [5, 5.41) is 20.9. The lowest BCUT2D eigenvalue weighted by Gasteiger charge is -2.36. The summed E-state index contributed by atoms with van der Waals surface area (Å²) in [5.41, 5.74) is -0.691. The highest BCUT2D eigenvalue weighted by Crippen LogP contribution is 2.20. The molecule has 3 N–H and O–H groups in total. The van der Waals surface area contributed by atoms with Gasteiger partial charge in [0.05, 0.1) is 12.0 Å². The quantitative estimate of drug-likeness (QED) is 0.670. The molecule has 6 nitrogen and oxygen atoms in total. The zero-order valence-corrected chi connectivity index (χ0v) is 10.3. The molecule has 0 radical (unpaired) electrons. The van der Waals surface area contributed by atoms with Crippen molar-refractivity contribution in [1.82, 2.24) is 10.2 Å². The maximum absolute atomic E-state index is 11.7. The second-order valence-corrected chi connectivity index (χ2v) is 4.93. The smallest absolute Gasteiger partial charge is 0.317 e. The summed E-state index contributed by atoms with van der Waals surface area (Å²) < 4.78 is 0. The van der Waals surface area contributed by atoms with Crippen molar-refractivity contribution in [3.63, 3.8) is 0 Å². The van der Waals surface area contributed by atoms with Gasteiger partial charge in [-0.1, -0.05) is 0 Å². The third-order valence-electron chi connectivity index (χ3n) is 2.98. The number of likely N-dealkylation sites (tertiary alicyclic amines) is 1. The molecule has 0 spiro atoms. The summed E-state index contributed by atoms with van der Waals surface area (Å²) in [6.45, 7) is 4.42. The third kappa shape index (κ3) is 4.60. The van der Waals surface area contributed by atoms with Crippen LogP contribution in [-0.2, 0) is 4.79 Å². The molecule has 1 heterocycles. The van der Waals surface area contributed by atoms with Gasteiger partial charge in [-0.3, -0.25) is 4.79 Å². The van der Waals surface area contributed by atoms with Crippen LogP contribution in [0.15, 0.2) is 0 Å². The van der Waals surface area contributed by atoms with E-state index < -0.39 is 11.6 Å². The van der Waals surface area contributed by atoms with E-state index in [9.17, 15) is 14.7 Å². The lowest BCUT2D eigenvalue weighted by molar-refractivity contribution is -0.137. The highest BCUT2D eigenvalue weighted by Gasteiger charge is 2.29. The van der Waals surface area contributed by atoms with Crippen molar-refractivity contribution >= 4 is 12.0 Å². The van der Waals surface area contributed by atoms with Gasteiger partial charge in [0.15, 0.2) is 0 Å². The topological polar surface area (TPSA) is 89.9 Å². The van der Waals surface area contributed by atoms with Gasteiger partial charge < -0.3 is 20.4 Å². The van der Waals surface area contributed by atoms with E-state index in [1.54, 1.807) is 18.7 Å². The molecular weight excluding hydrogens is 224 g/mol. The van der Waals surface area contributed by atoms with E-state index in [1.807, 2.05) is 0 Å². The van der Waals surface area contributed by atoms with Crippen LogP contribution in [-0.4, -0.2) is 51.8 Å². The molecule has 1 rings (SSSR count). The molecule has 0 aliphatic carbocycles. The fourth-order valence-corrected chi connectivity index (χ4v) is 1.81. The van der Waals surface area contributed by atoms with Gasteiger partial charge in [0.2, 0.25) is 0 Å². The number of aliphatic carboxylic acids is 1. The number of carbonyl (C=O) groups is 2. The molecule has 1 unspecified atom stereocenters. The Balaban J connectivity index is 2.36. The third-order valence-corrected chi connectivity index (χ3v) is 2.98. The molecule has 0 saturated carbocycles. The second kappa shape index (κ2) is 5.35. The monoisotopic (exact) mass is 244 g/mol. The number of nitrogens with zero attached hydrogens (tertiary/aromatic N) is 1. The first-order valence-corrected chi connectivity index (χ1v) is 5.80. The van der Waals surface area contributed by atoms with Crippen LogP contribution in [0, 0.1) is 0 Å². The Morgan fingerprint density at radius 1 is 1.41 bits per heavy atom. The van der Waals surface area contributed by atoms with Crippen molar-refractivity contribution < 1.29 is 19.8 Å². The molecule has 98 valence electrons. The van der Waals surface area contributed by atoms with Crippen molar-refractivity contribution in [3.8, 4) is 0 Å². The lowest BCUT2D eigenvalue weighted by Crippen LogP contribution is -2.50. The van der Waals surface area contributed by atoms with E-state index in [1.165, 1.54) is 0 Å². The van der Waals surface area contributed by atoms with Gasteiger partial charge in [-0.2, -0.15) is 0 Å². The number of urea groups is 1. The van der Waals surface area contributed by atoms with Crippen molar-refractivity contribution in [2.24, 2.45) is 0 Å². The van der Waals surface area contributed by atoms with E-state index in [-0.39, 0.29) is 18.5 Å². The zero-order chi connectivity index (χ0) is 13.1. The van der Waals surface area contributed by atoms with Crippen LogP contribution >= 0.6 is 0 Å². The number of carboxylic acids is 1. The van der Waals surface area contributed by atoms with E-state index >= 15 is 0 Å². The predicted molar refractivity (Wildman–Crippen MR) is 61.7 cm³/mol. The number of hydrogen-bond acceptors (Lipinski definition) is 3. The number of piperidine rings is 1. The largest absolute Gasteiger partial charge is 0.481 e. The highest BCUT2D eigenvalue weighted by molar-refractivity contribution is 5.76. The van der Waals surface area contributed by atoms with Crippen LogP contribution in [0.5, 0.6) is 0 Å². The number of carbonyl (C=O) groups excluding carboxylic acids is 1. The summed E-state index contributed by atoms with van der Waals surface area (Å²) in [5.74, 6) is -0.931. The molecule has 1 aliphatic heterocycles. The molecule has 0 aromatic rings. The molecule has 2 amide bonds. The summed E-state index contributed by atoms with van der Waals surface area (Å²) in [4.78, 5) is 23.8. The summed E-state index contributed by atoms with van der Waals surface area (Å²) >= 11 is 0. The molecule has 17 heavy (non-hydrogen) atoms. The molecule has 1 atom stereocenters. The van der Waals surface area contributed by atoms with Crippen LogP contribution in [0.2, 0.25) is 0 Å². The number of aliphatic hydroxyl groups is 1. The van der Waals surface area contributed by atoms with Crippen LogP contribution in [0.3, 0.4) is 0 Å². The van der Waals surface area contributed by atoms with Crippen LogP contribution in [0.25, 0.3) is 0 Å². The van der Waals surface area contributed by atoms with Gasteiger partial charge in [-0.05, 0) is 26.7 Å². The Kier molecular flexibility index (Phi) is 4.34. The molecule has 6 heteroatoms. The van der Waals surface area contributed by atoms with Crippen molar-refractivity contribution in [2.45, 2.75) is 44.8 Å². The average molecular weight is 244 g/mol. The van der Waals surface area contributed by atoms with Crippen LogP contribution in [0.1, 0.15) is 33.1 Å². The van der Waals surface area contributed by atoms with Crippen molar-refractivity contribution in [3.05, 3.63) is 0 Å². The Bertz CT molecular complexity index is 294. The van der Waals surface area contributed by atoms with Gasteiger partial charge in [-0.25, -0.2) is 4.79 Å². The maximum Gasteiger partial charge on any atom is 0.317 e. The molecule has 0 bridgehead atoms. The lowest BCUT2D eigenvalue weighted by atomic mass is 9.94.